The molecule has 0 aromatic rings. The van der Waals surface area contributed by atoms with Crippen molar-refractivity contribution in [2.24, 2.45) is 5.41 Å². The van der Waals surface area contributed by atoms with Gasteiger partial charge >= 0.3 is 0 Å². The molecule has 132 valence electrons. The van der Waals surface area contributed by atoms with Gasteiger partial charge in [-0.15, -0.1) is 0 Å². The van der Waals surface area contributed by atoms with Gasteiger partial charge in [-0.05, 0) is 13.3 Å². The predicted molar refractivity (Wildman–Crippen MR) is 87.0 cm³/mol. The lowest BCUT2D eigenvalue weighted by Crippen LogP contribution is -2.62. The molecule has 1 saturated carbocycles. The topological polar surface area (TPSA) is 59.1 Å². The molecule has 0 radical (unpaired) electrons. The van der Waals surface area contributed by atoms with E-state index in [1.54, 1.807) is 4.90 Å². The number of hydrogen-bond donors (Lipinski definition) is 0. The van der Waals surface area contributed by atoms with Crippen molar-refractivity contribution in [3.63, 3.8) is 0 Å². The Morgan fingerprint density at radius 3 is 2.48 bits per heavy atom. The van der Waals surface area contributed by atoms with E-state index >= 15 is 0 Å². The van der Waals surface area contributed by atoms with Crippen molar-refractivity contribution in [3.05, 3.63) is 0 Å². The second-order valence-corrected chi connectivity index (χ2v) is 7.01. The summed E-state index contributed by atoms with van der Waals surface area (Å²) in [6.07, 6.45) is 1.65. The molecular weight excluding hydrogens is 296 g/mol. The van der Waals surface area contributed by atoms with Crippen LogP contribution in [0.3, 0.4) is 0 Å². The molecule has 1 aliphatic carbocycles. The third kappa shape index (κ3) is 4.04. The van der Waals surface area contributed by atoms with Crippen LogP contribution < -0.4 is 0 Å². The molecule has 1 heterocycles. The van der Waals surface area contributed by atoms with Gasteiger partial charge in [0, 0.05) is 51.0 Å². The van der Waals surface area contributed by atoms with Crippen molar-refractivity contribution in [1.82, 2.24) is 9.80 Å². The monoisotopic (exact) mass is 326 g/mol. The molecule has 0 aromatic heterocycles. The number of ether oxygens (including phenoxy) is 2. The van der Waals surface area contributed by atoms with Gasteiger partial charge in [0.1, 0.15) is 0 Å². The zero-order valence-electron chi connectivity index (χ0n) is 14.8. The van der Waals surface area contributed by atoms with Crippen LogP contribution >= 0.6 is 0 Å². The van der Waals surface area contributed by atoms with Gasteiger partial charge in [0.2, 0.25) is 11.8 Å². The van der Waals surface area contributed by atoms with E-state index < -0.39 is 0 Å². The summed E-state index contributed by atoms with van der Waals surface area (Å²) in [6.45, 7) is 9.43. The lowest BCUT2D eigenvalue weighted by Gasteiger charge is -2.54. The first-order valence-electron chi connectivity index (χ1n) is 8.60. The molecule has 0 N–H and O–H groups in total. The third-order valence-electron chi connectivity index (χ3n) is 5.27. The molecule has 2 amide bonds. The number of carbonyl (C=O) groups is 2. The van der Waals surface area contributed by atoms with Gasteiger partial charge in [-0.3, -0.25) is 9.59 Å². The summed E-state index contributed by atoms with van der Waals surface area (Å²) < 4.78 is 11.0. The Bertz CT molecular complexity index is 432. The highest BCUT2D eigenvalue weighted by atomic mass is 16.5. The van der Waals surface area contributed by atoms with Crippen LogP contribution in [0, 0.1) is 5.41 Å². The van der Waals surface area contributed by atoms with Crippen LogP contribution in [0.5, 0.6) is 0 Å². The summed E-state index contributed by atoms with van der Waals surface area (Å²) in [4.78, 5) is 28.1. The van der Waals surface area contributed by atoms with Gasteiger partial charge in [0.25, 0.3) is 0 Å². The van der Waals surface area contributed by atoms with Crippen LogP contribution in [0.25, 0.3) is 0 Å². The van der Waals surface area contributed by atoms with Crippen molar-refractivity contribution in [3.8, 4) is 0 Å². The summed E-state index contributed by atoms with van der Waals surface area (Å²) in [5.74, 6) is 0.0924. The molecule has 1 saturated heterocycles. The van der Waals surface area contributed by atoms with Gasteiger partial charge in [-0.25, -0.2) is 0 Å². The van der Waals surface area contributed by atoms with Gasteiger partial charge in [-0.2, -0.15) is 0 Å². The first-order valence-corrected chi connectivity index (χ1v) is 8.60. The summed E-state index contributed by atoms with van der Waals surface area (Å²) in [7, 11) is 1.84. The van der Waals surface area contributed by atoms with E-state index in [1.165, 1.54) is 0 Å². The fraction of sp³-hybridized carbons (Fsp3) is 0.882. The Labute approximate surface area is 139 Å². The molecule has 2 atom stereocenters. The predicted octanol–water partition coefficient (Wildman–Crippen LogP) is 1.29. The minimum atomic E-state index is -0.0331. The van der Waals surface area contributed by atoms with E-state index in [2.05, 4.69) is 13.8 Å². The number of rotatable bonds is 6. The summed E-state index contributed by atoms with van der Waals surface area (Å²) in [5, 5.41) is 0. The number of morpholine rings is 1. The van der Waals surface area contributed by atoms with E-state index in [9.17, 15) is 9.59 Å². The minimum absolute atomic E-state index is 0.0331. The highest BCUT2D eigenvalue weighted by Crippen LogP contribution is 2.45. The maximum atomic E-state index is 12.4. The molecular formula is C17H30N2O4. The first kappa shape index (κ1) is 18.2. The molecule has 0 aromatic carbocycles. The smallest absolute Gasteiger partial charge is 0.223 e. The Kier molecular flexibility index (Phi) is 6.03. The Balaban J connectivity index is 1.78. The molecule has 6 nitrogen and oxygen atoms in total. The molecule has 0 spiro atoms. The van der Waals surface area contributed by atoms with Crippen LogP contribution in [0.1, 0.15) is 40.0 Å². The second kappa shape index (κ2) is 7.62. The zero-order valence-corrected chi connectivity index (χ0v) is 14.8. The number of carbonyl (C=O) groups excluding carboxylic acids is 2. The van der Waals surface area contributed by atoms with E-state index in [0.717, 1.165) is 6.42 Å². The molecule has 2 aliphatic rings. The maximum Gasteiger partial charge on any atom is 0.223 e. The fourth-order valence-corrected chi connectivity index (χ4v) is 3.54. The zero-order chi connectivity index (χ0) is 17.0. The van der Waals surface area contributed by atoms with Crippen molar-refractivity contribution >= 4 is 11.8 Å². The van der Waals surface area contributed by atoms with Gasteiger partial charge in [0.05, 0.1) is 19.3 Å². The number of amides is 2. The molecule has 2 rings (SSSR count). The van der Waals surface area contributed by atoms with Crippen LogP contribution in [0.2, 0.25) is 0 Å². The summed E-state index contributed by atoms with van der Waals surface area (Å²) >= 11 is 0. The van der Waals surface area contributed by atoms with Crippen molar-refractivity contribution in [2.75, 3.05) is 40.0 Å². The lowest BCUT2D eigenvalue weighted by atomic mass is 9.63. The highest BCUT2D eigenvalue weighted by Gasteiger charge is 2.51. The molecule has 1 aliphatic heterocycles. The Morgan fingerprint density at radius 2 is 1.91 bits per heavy atom. The number of hydrogen-bond acceptors (Lipinski definition) is 4. The minimum Gasteiger partial charge on any atom is -0.378 e. The largest absolute Gasteiger partial charge is 0.378 e. The van der Waals surface area contributed by atoms with Crippen LogP contribution in [-0.2, 0) is 19.1 Å². The Morgan fingerprint density at radius 1 is 1.26 bits per heavy atom. The van der Waals surface area contributed by atoms with Gasteiger partial charge in [-0.1, -0.05) is 13.8 Å². The average molecular weight is 326 g/mol. The second-order valence-electron chi connectivity index (χ2n) is 7.01. The summed E-state index contributed by atoms with van der Waals surface area (Å²) in [6, 6.07) is 0.185. The Hall–Kier alpha value is -1.14. The van der Waals surface area contributed by atoms with E-state index in [1.807, 2.05) is 18.9 Å². The standard InChI is InChI=1S/C17H30N2O4/c1-5-23-14-12-13(17(14,2)3)18(4)15(20)6-7-16(21)19-8-10-22-11-9-19/h13-14H,5-12H2,1-4H3/t13-,14+/m1/s1. The fourth-order valence-electron chi connectivity index (χ4n) is 3.54. The van der Waals surface area contributed by atoms with Crippen molar-refractivity contribution in [2.45, 2.75) is 52.2 Å². The first-order chi connectivity index (χ1) is 10.9. The molecule has 23 heavy (non-hydrogen) atoms. The van der Waals surface area contributed by atoms with Crippen LogP contribution in [-0.4, -0.2) is 73.7 Å². The van der Waals surface area contributed by atoms with E-state index in [-0.39, 0.29) is 42.2 Å². The van der Waals surface area contributed by atoms with Crippen molar-refractivity contribution in [1.29, 1.82) is 0 Å². The van der Waals surface area contributed by atoms with Gasteiger partial charge in [0.15, 0.2) is 0 Å². The lowest BCUT2D eigenvalue weighted by molar-refractivity contribution is -0.164. The van der Waals surface area contributed by atoms with Crippen molar-refractivity contribution < 1.29 is 19.1 Å². The third-order valence-corrected chi connectivity index (χ3v) is 5.27. The molecule has 0 unspecified atom stereocenters. The van der Waals surface area contributed by atoms with E-state index in [4.69, 9.17) is 9.47 Å². The quantitative estimate of drug-likeness (QED) is 0.738. The van der Waals surface area contributed by atoms with Crippen LogP contribution in [0.15, 0.2) is 0 Å². The maximum absolute atomic E-state index is 12.4. The van der Waals surface area contributed by atoms with E-state index in [0.29, 0.717) is 32.9 Å². The average Bonchev–Trinajstić information content (AvgIpc) is 2.56. The summed E-state index contributed by atoms with van der Waals surface area (Å²) in [5.41, 5.74) is -0.0331. The normalized spacial score (nSPS) is 26.5. The highest BCUT2D eigenvalue weighted by molar-refractivity contribution is 5.84. The SMILES string of the molecule is CCO[C@H]1C[C@@H](N(C)C(=O)CCC(=O)N2CCOCC2)C1(C)C. The molecule has 2 fully saturated rings. The molecule has 6 heteroatoms. The van der Waals surface area contributed by atoms with Gasteiger partial charge < -0.3 is 19.3 Å². The molecule has 0 bridgehead atoms. The number of nitrogens with zero attached hydrogens (tertiary/aromatic N) is 2. The van der Waals surface area contributed by atoms with Crippen LogP contribution in [0.4, 0.5) is 0 Å².